The first-order valence-electron chi connectivity index (χ1n) is 5.70. The maximum atomic E-state index is 9.38. The minimum atomic E-state index is -0.500. The molecule has 0 saturated heterocycles. The lowest BCUT2D eigenvalue weighted by Gasteiger charge is -2.14. The third-order valence-electron chi connectivity index (χ3n) is 3.17. The molecule has 0 aromatic rings. The molecule has 2 N–H and O–H groups in total. The number of aliphatic hydroxyl groups excluding tert-OH is 1. The smallest absolute Gasteiger partial charge is 0.0825 e. The van der Waals surface area contributed by atoms with E-state index in [2.05, 4.69) is 6.58 Å². The SMILES string of the molecule is C=CC1(O)CCCC1.OC1CCCC1. The Labute approximate surface area is 86.6 Å². The Balaban J connectivity index is 0.000000146. The van der Waals surface area contributed by atoms with Crippen LogP contribution in [-0.2, 0) is 0 Å². The van der Waals surface area contributed by atoms with Crippen LogP contribution < -0.4 is 0 Å². The van der Waals surface area contributed by atoms with Crippen molar-refractivity contribution in [3.8, 4) is 0 Å². The van der Waals surface area contributed by atoms with E-state index in [0.29, 0.717) is 0 Å². The molecule has 82 valence electrons. The summed E-state index contributed by atoms with van der Waals surface area (Å²) in [6, 6.07) is 0. The molecule has 0 atom stereocenters. The van der Waals surface area contributed by atoms with Crippen LogP contribution >= 0.6 is 0 Å². The van der Waals surface area contributed by atoms with Crippen molar-refractivity contribution in [1.82, 2.24) is 0 Å². The van der Waals surface area contributed by atoms with Gasteiger partial charge in [-0.3, -0.25) is 0 Å². The summed E-state index contributed by atoms with van der Waals surface area (Å²) in [5, 5.41) is 18.1. The maximum absolute atomic E-state index is 9.38. The fourth-order valence-electron chi connectivity index (χ4n) is 2.10. The topological polar surface area (TPSA) is 40.5 Å². The van der Waals surface area contributed by atoms with E-state index < -0.39 is 5.60 Å². The van der Waals surface area contributed by atoms with Crippen molar-refractivity contribution < 1.29 is 10.2 Å². The normalized spacial score (nSPS) is 25.6. The lowest BCUT2D eigenvalue weighted by molar-refractivity contribution is 0.0996. The zero-order chi connectivity index (χ0) is 10.4. The average molecular weight is 198 g/mol. The average Bonchev–Trinajstić information content (AvgIpc) is 2.79. The Morgan fingerprint density at radius 3 is 1.79 bits per heavy atom. The lowest BCUT2D eigenvalue weighted by atomic mass is 10.0. The molecule has 2 saturated carbocycles. The third kappa shape index (κ3) is 3.81. The molecule has 0 heterocycles. The van der Waals surface area contributed by atoms with Crippen molar-refractivity contribution in [3.05, 3.63) is 12.7 Å². The van der Waals surface area contributed by atoms with Gasteiger partial charge in [-0.05, 0) is 25.7 Å². The van der Waals surface area contributed by atoms with Crippen molar-refractivity contribution in [2.45, 2.75) is 63.1 Å². The lowest BCUT2D eigenvalue weighted by Crippen LogP contribution is -2.19. The molecular weight excluding hydrogens is 176 g/mol. The van der Waals surface area contributed by atoms with Gasteiger partial charge in [0, 0.05) is 0 Å². The molecule has 0 bridgehead atoms. The van der Waals surface area contributed by atoms with E-state index in [1.165, 1.54) is 12.8 Å². The van der Waals surface area contributed by atoms with Gasteiger partial charge in [0.05, 0.1) is 11.7 Å². The fourth-order valence-corrected chi connectivity index (χ4v) is 2.10. The van der Waals surface area contributed by atoms with Crippen LogP contribution in [0.4, 0.5) is 0 Å². The van der Waals surface area contributed by atoms with Gasteiger partial charge in [-0.15, -0.1) is 6.58 Å². The number of hydrogen-bond donors (Lipinski definition) is 2. The molecule has 2 aliphatic rings. The monoisotopic (exact) mass is 198 g/mol. The minimum Gasteiger partial charge on any atom is -0.393 e. The number of aliphatic hydroxyl groups is 2. The molecule has 0 aromatic heterocycles. The van der Waals surface area contributed by atoms with Gasteiger partial charge in [0.15, 0.2) is 0 Å². The van der Waals surface area contributed by atoms with Gasteiger partial charge in [-0.25, -0.2) is 0 Å². The largest absolute Gasteiger partial charge is 0.393 e. The highest BCUT2D eigenvalue weighted by Crippen LogP contribution is 2.29. The molecule has 0 unspecified atom stereocenters. The molecule has 0 radical (unpaired) electrons. The second-order valence-electron chi connectivity index (χ2n) is 4.45. The molecule has 14 heavy (non-hydrogen) atoms. The van der Waals surface area contributed by atoms with Gasteiger partial charge >= 0.3 is 0 Å². The first-order valence-corrected chi connectivity index (χ1v) is 5.70. The summed E-state index contributed by atoms with van der Waals surface area (Å²) < 4.78 is 0. The zero-order valence-corrected chi connectivity index (χ0v) is 8.91. The van der Waals surface area contributed by atoms with E-state index >= 15 is 0 Å². The highest BCUT2D eigenvalue weighted by molar-refractivity contribution is 4.98. The predicted molar refractivity (Wildman–Crippen MR) is 58.1 cm³/mol. The molecule has 0 aromatic carbocycles. The van der Waals surface area contributed by atoms with Crippen LogP contribution in [0.25, 0.3) is 0 Å². The highest BCUT2D eigenvalue weighted by atomic mass is 16.3. The Kier molecular flexibility index (Phi) is 4.63. The fraction of sp³-hybridized carbons (Fsp3) is 0.833. The molecule has 0 amide bonds. The van der Waals surface area contributed by atoms with Crippen molar-refractivity contribution in [1.29, 1.82) is 0 Å². The first-order chi connectivity index (χ1) is 6.66. The Morgan fingerprint density at radius 1 is 1.07 bits per heavy atom. The van der Waals surface area contributed by atoms with Crippen LogP contribution in [0.5, 0.6) is 0 Å². The number of hydrogen-bond acceptors (Lipinski definition) is 2. The highest BCUT2D eigenvalue weighted by Gasteiger charge is 2.26. The van der Waals surface area contributed by atoms with Crippen LogP contribution in [0, 0.1) is 0 Å². The Morgan fingerprint density at radius 2 is 1.57 bits per heavy atom. The van der Waals surface area contributed by atoms with Crippen molar-refractivity contribution >= 4 is 0 Å². The van der Waals surface area contributed by atoms with E-state index in [1.807, 2.05) is 0 Å². The van der Waals surface area contributed by atoms with Crippen molar-refractivity contribution in [2.75, 3.05) is 0 Å². The minimum absolute atomic E-state index is 0.0463. The standard InChI is InChI=1S/C7H12O.C5H10O/c1-2-7(8)5-3-4-6-7;6-5-3-1-2-4-5/h2,8H,1,3-6H2;5-6H,1-4H2. The summed E-state index contributed by atoms with van der Waals surface area (Å²) >= 11 is 0. The van der Waals surface area contributed by atoms with Crippen LogP contribution in [0.15, 0.2) is 12.7 Å². The summed E-state index contributed by atoms with van der Waals surface area (Å²) in [6.45, 7) is 3.56. The third-order valence-corrected chi connectivity index (χ3v) is 3.17. The van der Waals surface area contributed by atoms with Crippen molar-refractivity contribution in [2.24, 2.45) is 0 Å². The second-order valence-corrected chi connectivity index (χ2v) is 4.45. The molecule has 2 heteroatoms. The second kappa shape index (κ2) is 5.52. The summed E-state index contributed by atoms with van der Waals surface area (Å²) in [7, 11) is 0. The van der Waals surface area contributed by atoms with Gasteiger partial charge in [-0.1, -0.05) is 31.8 Å². The van der Waals surface area contributed by atoms with Gasteiger partial charge in [0.2, 0.25) is 0 Å². The summed E-state index contributed by atoms with van der Waals surface area (Å²) in [4.78, 5) is 0. The van der Waals surface area contributed by atoms with Crippen LogP contribution in [-0.4, -0.2) is 21.9 Å². The Hall–Kier alpha value is -0.340. The van der Waals surface area contributed by atoms with Crippen LogP contribution in [0.2, 0.25) is 0 Å². The summed E-state index contributed by atoms with van der Waals surface area (Å²) in [6.07, 6.45) is 10.4. The van der Waals surface area contributed by atoms with E-state index in [9.17, 15) is 5.11 Å². The van der Waals surface area contributed by atoms with Gasteiger partial charge in [0.25, 0.3) is 0 Å². The molecule has 2 fully saturated rings. The van der Waals surface area contributed by atoms with E-state index in [1.54, 1.807) is 6.08 Å². The van der Waals surface area contributed by atoms with E-state index in [4.69, 9.17) is 5.11 Å². The first kappa shape index (κ1) is 11.7. The van der Waals surface area contributed by atoms with Gasteiger partial charge in [0.1, 0.15) is 0 Å². The van der Waals surface area contributed by atoms with Crippen LogP contribution in [0.3, 0.4) is 0 Å². The zero-order valence-electron chi connectivity index (χ0n) is 8.91. The molecule has 2 nitrogen and oxygen atoms in total. The quantitative estimate of drug-likeness (QED) is 0.635. The predicted octanol–water partition coefficient (Wildman–Crippen LogP) is 2.40. The number of rotatable bonds is 1. The van der Waals surface area contributed by atoms with E-state index in [-0.39, 0.29) is 6.10 Å². The van der Waals surface area contributed by atoms with Gasteiger partial charge in [-0.2, -0.15) is 0 Å². The summed E-state index contributed by atoms with van der Waals surface area (Å²) in [5.74, 6) is 0. The molecule has 0 spiro atoms. The van der Waals surface area contributed by atoms with Crippen LogP contribution in [0.1, 0.15) is 51.4 Å². The molecule has 2 rings (SSSR count). The van der Waals surface area contributed by atoms with Crippen molar-refractivity contribution in [3.63, 3.8) is 0 Å². The molecule has 0 aliphatic heterocycles. The molecular formula is C12H22O2. The van der Waals surface area contributed by atoms with Gasteiger partial charge < -0.3 is 10.2 Å². The molecule has 2 aliphatic carbocycles. The summed E-state index contributed by atoms with van der Waals surface area (Å²) in [5.41, 5.74) is -0.500. The van der Waals surface area contributed by atoms with E-state index in [0.717, 1.165) is 38.5 Å². The maximum Gasteiger partial charge on any atom is 0.0825 e. The Bertz CT molecular complexity index is 165.